The maximum Gasteiger partial charge on any atom is 0.358 e. The molecule has 124 valence electrons. The van der Waals surface area contributed by atoms with Crippen molar-refractivity contribution in [2.24, 2.45) is 0 Å². The molecule has 0 aliphatic rings. The fraction of sp³-hybridized carbons (Fsp3) is 0.471. The molecule has 3 N–H and O–H groups in total. The van der Waals surface area contributed by atoms with Crippen LogP contribution in [-0.2, 0) is 6.54 Å². The molecule has 2 rings (SSSR count). The number of carboxylic acids is 1. The predicted molar refractivity (Wildman–Crippen MR) is 90.3 cm³/mol. The number of rotatable bonds is 8. The summed E-state index contributed by atoms with van der Waals surface area (Å²) in [4.78, 5) is 11.4. The van der Waals surface area contributed by atoms with Gasteiger partial charge in [-0.25, -0.2) is 9.48 Å². The zero-order valence-corrected chi connectivity index (χ0v) is 13.7. The Morgan fingerprint density at radius 1 is 1.26 bits per heavy atom. The summed E-state index contributed by atoms with van der Waals surface area (Å²) in [5, 5.41) is 17.2. The normalized spacial score (nSPS) is 10.9. The fourth-order valence-corrected chi connectivity index (χ4v) is 2.55. The maximum absolute atomic E-state index is 11.4. The number of carbonyl (C=O) groups is 1. The van der Waals surface area contributed by atoms with Crippen molar-refractivity contribution in [1.29, 1.82) is 0 Å². The van der Waals surface area contributed by atoms with Crippen molar-refractivity contribution >= 4 is 11.7 Å². The minimum atomic E-state index is -1.07. The Balaban J connectivity index is 2.26. The fourth-order valence-electron chi connectivity index (χ4n) is 2.55. The first-order chi connectivity index (χ1) is 11.0. The van der Waals surface area contributed by atoms with Gasteiger partial charge in [-0.2, -0.15) is 0 Å². The minimum Gasteiger partial charge on any atom is -0.476 e. The lowest BCUT2D eigenvalue weighted by molar-refractivity contribution is 0.0691. The molecule has 6 nitrogen and oxygen atoms in total. The van der Waals surface area contributed by atoms with Gasteiger partial charge in [0.25, 0.3) is 0 Å². The molecule has 0 saturated heterocycles. The molecular weight excluding hydrogens is 292 g/mol. The van der Waals surface area contributed by atoms with Crippen LogP contribution >= 0.6 is 0 Å². The summed E-state index contributed by atoms with van der Waals surface area (Å²) in [6.07, 6.45) is 5.66. The molecule has 0 unspecified atom stereocenters. The van der Waals surface area contributed by atoms with Crippen LogP contribution in [0.15, 0.2) is 18.2 Å². The zero-order valence-electron chi connectivity index (χ0n) is 13.7. The topological polar surface area (TPSA) is 94.0 Å². The van der Waals surface area contributed by atoms with E-state index in [1.165, 1.54) is 19.3 Å². The van der Waals surface area contributed by atoms with Gasteiger partial charge in [-0.05, 0) is 25.0 Å². The van der Waals surface area contributed by atoms with Crippen molar-refractivity contribution < 1.29 is 9.90 Å². The summed E-state index contributed by atoms with van der Waals surface area (Å²) < 4.78 is 1.68. The third-order valence-corrected chi connectivity index (χ3v) is 3.96. The molecule has 2 aromatic rings. The van der Waals surface area contributed by atoms with Crippen molar-refractivity contribution in [1.82, 2.24) is 15.0 Å². The van der Waals surface area contributed by atoms with E-state index in [0.717, 1.165) is 24.0 Å². The number of hydrogen-bond donors (Lipinski definition) is 2. The largest absolute Gasteiger partial charge is 0.476 e. The van der Waals surface area contributed by atoms with Crippen LogP contribution in [0.1, 0.15) is 55.1 Å². The number of aromatic nitrogens is 3. The van der Waals surface area contributed by atoms with E-state index in [4.69, 9.17) is 5.73 Å². The third kappa shape index (κ3) is 4.09. The molecule has 0 aliphatic heterocycles. The number of nitrogens with two attached hydrogens (primary N) is 1. The van der Waals surface area contributed by atoms with E-state index >= 15 is 0 Å². The van der Waals surface area contributed by atoms with E-state index in [-0.39, 0.29) is 5.69 Å². The second kappa shape index (κ2) is 7.76. The highest BCUT2D eigenvalue weighted by atomic mass is 16.4. The lowest BCUT2D eigenvalue weighted by atomic mass is 10.1. The Morgan fingerprint density at radius 3 is 2.65 bits per heavy atom. The van der Waals surface area contributed by atoms with Gasteiger partial charge in [-0.1, -0.05) is 50.0 Å². The van der Waals surface area contributed by atoms with Gasteiger partial charge in [-0.15, -0.1) is 5.10 Å². The van der Waals surface area contributed by atoms with E-state index in [1.54, 1.807) is 10.7 Å². The lowest BCUT2D eigenvalue weighted by Gasteiger charge is -2.09. The van der Waals surface area contributed by atoms with E-state index < -0.39 is 5.97 Å². The van der Waals surface area contributed by atoms with Crippen LogP contribution in [0.4, 0.5) is 5.69 Å². The molecular formula is C17H24N4O2. The Hall–Kier alpha value is -2.37. The van der Waals surface area contributed by atoms with Crippen molar-refractivity contribution in [3.8, 4) is 11.3 Å². The number of hydrogen-bond acceptors (Lipinski definition) is 4. The lowest BCUT2D eigenvalue weighted by Crippen LogP contribution is -2.06. The summed E-state index contributed by atoms with van der Waals surface area (Å²) in [7, 11) is 0. The second-order valence-corrected chi connectivity index (χ2v) is 5.80. The zero-order chi connectivity index (χ0) is 16.8. The number of aromatic carboxylic acids is 1. The van der Waals surface area contributed by atoms with Crippen LogP contribution in [0.25, 0.3) is 11.3 Å². The Morgan fingerprint density at radius 2 is 2.00 bits per heavy atom. The van der Waals surface area contributed by atoms with E-state index in [0.29, 0.717) is 17.9 Å². The number of benzene rings is 1. The Kier molecular flexibility index (Phi) is 5.73. The first kappa shape index (κ1) is 17.0. The van der Waals surface area contributed by atoms with Gasteiger partial charge < -0.3 is 10.8 Å². The van der Waals surface area contributed by atoms with Gasteiger partial charge in [0.1, 0.15) is 5.69 Å². The number of aryl methyl sites for hydroxylation is 2. The van der Waals surface area contributed by atoms with Crippen molar-refractivity contribution in [2.45, 2.75) is 52.5 Å². The van der Waals surface area contributed by atoms with Gasteiger partial charge in [0.2, 0.25) is 0 Å². The molecule has 0 atom stereocenters. The van der Waals surface area contributed by atoms with E-state index in [2.05, 4.69) is 17.2 Å². The number of anilines is 1. The van der Waals surface area contributed by atoms with E-state index in [1.807, 2.05) is 19.1 Å². The van der Waals surface area contributed by atoms with Crippen LogP contribution < -0.4 is 5.73 Å². The molecule has 1 aromatic carbocycles. The number of carboxylic acid groups (broad SMARTS) is 1. The molecule has 0 spiro atoms. The standard InChI is InChI=1S/C17H24N4O2/c1-3-4-5-6-7-10-21-16(15(17(22)23)19-20-21)13-9-8-12(2)14(18)11-13/h8-9,11H,3-7,10,18H2,1-2H3,(H,22,23). The van der Waals surface area contributed by atoms with Gasteiger partial charge in [0.15, 0.2) is 5.69 Å². The molecule has 1 heterocycles. The maximum atomic E-state index is 11.4. The van der Waals surface area contributed by atoms with Crippen LogP contribution in [0.3, 0.4) is 0 Å². The van der Waals surface area contributed by atoms with Crippen molar-refractivity contribution in [3.05, 3.63) is 29.5 Å². The first-order valence-electron chi connectivity index (χ1n) is 8.07. The number of nitrogen functional groups attached to an aromatic ring is 1. The molecule has 0 saturated carbocycles. The summed E-state index contributed by atoms with van der Waals surface area (Å²) in [6.45, 7) is 4.75. The first-order valence-corrected chi connectivity index (χ1v) is 8.07. The molecule has 0 radical (unpaired) electrons. The molecule has 0 fully saturated rings. The van der Waals surface area contributed by atoms with Gasteiger partial charge >= 0.3 is 5.97 Å². The molecule has 0 bridgehead atoms. The van der Waals surface area contributed by atoms with Crippen molar-refractivity contribution in [2.75, 3.05) is 5.73 Å². The molecule has 23 heavy (non-hydrogen) atoms. The van der Waals surface area contributed by atoms with Crippen LogP contribution in [0, 0.1) is 6.92 Å². The summed E-state index contributed by atoms with van der Waals surface area (Å²) in [5.74, 6) is -1.07. The highest BCUT2D eigenvalue weighted by molar-refractivity contribution is 5.93. The predicted octanol–water partition coefficient (Wildman–Crippen LogP) is 3.50. The monoisotopic (exact) mass is 316 g/mol. The summed E-state index contributed by atoms with van der Waals surface area (Å²) in [6, 6.07) is 5.54. The third-order valence-electron chi connectivity index (χ3n) is 3.96. The molecule has 1 aromatic heterocycles. The number of nitrogens with zero attached hydrogens (tertiary/aromatic N) is 3. The van der Waals surface area contributed by atoms with Gasteiger partial charge in [-0.3, -0.25) is 0 Å². The van der Waals surface area contributed by atoms with Gasteiger partial charge in [0.05, 0.1) is 0 Å². The average Bonchev–Trinajstić information content (AvgIpc) is 2.94. The summed E-state index contributed by atoms with van der Waals surface area (Å²) in [5.41, 5.74) is 8.80. The van der Waals surface area contributed by atoms with E-state index in [9.17, 15) is 9.90 Å². The molecule has 0 amide bonds. The second-order valence-electron chi connectivity index (χ2n) is 5.80. The average molecular weight is 316 g/mol. The Bertz CT molecular complexity index is 679. The minimum absolute atomic E-state index is 0.0261. The molecule has 6 heteroatoms. The van der Waals surface area contributed by atoms with Gasteiger partial charge in [0, 0.05) is 17.8 Å². The summed E-state index contributed by atoms with van der Waals surface area (Å²) >= 11 is 0. The highest BCUT2D eigenvalue weighted by Crippen LogP contribution is 2.26. The quantitative estimate of drug-likeness (QED) is 0.574. The smallest absolute Gasteiger partial charge is 0.358 e. The number of unbranched alkanes of at least 4 members (excludes halogenated alkanes) is 4. The SMILES string of the molecule is CCCCCCCn1nnc(C(=O)O)c1-c1ccc(C)c(N)c1. The van der Waals surface area contributed by atoms with Crippen LogP contribution in [-0.4, -0.2) is 26.1 Å². The highest BCUT2D eigenvalue weighted by Gasteiger charge is 2.20. The van der Waals surface area contributed by atoms with Crippen molar-refractivity contribution in [3.63, 3.8) is 0 Å². The van der Waals surface area contributed by atoms with Crippen LogP contribution in [0.2, 0.25) is 0 Å². The van der Waals surface area contributed by atoms with Crippen LogP contribution in [0.5, 0.6) is 0 Å². The molecule has 0 aliphatic carbocycles. The Labute approximate surface area is 136 Å².